The number of carbonyl (C=O) groups is 1. The molecule has 1 N–H and O–H groups in total. The Hall–Kier alpha value is -3.03. The van der Waals surface area contributed by atoms with Crippen LogP contribution in [-0.4, -0.2) is 20.4 Å². The molecule has 0 fully saturated rings. The largest absolute Gasteiger partial charge is 0.319 e. The second-order valence-corrected chi connectivity index (χ2v) is 4.92. The molecule has 0 aliphatic rings. The first-order valence-electron chi connectivity index (χ1n) is 7.10. The van der Waals surface area contributed by atoms with E-state index >= 15 is 0 Å². The highest BCUT2D eigenvalue weighted by molar-refractivity contribution is 5.92. The fourth-order valence-corrected chi connectivity index (χ4v) is 2.06. The van der Waals surface area contributed by atoms with Crippen LogP contribution in [0.15, 0.2) is 41.5 Å². The molecule has 1 aromatic carbocycles. The van der Waals surface area contributed by atoms with Crippen molar-refractivity contribution in [1.82, 2.24) is 9.55 Å². The van der Waals surface area contributed by atoms with E-state index in [9.17, 15) is 19.7 Å². The van der Waals surface area contributed by atoms with Crippen molar-refractivity contribution < 1.29 is 9.72 Å². The lowest BCUT2D eigenvalue weighted by molar-refractivity contribution is -0.383. The molecule has 8 nitrogen and oxygen atoms in total. The molecule has 0 aliphatic heterocycles. The third kappa shape index (κ3) is 4.22. The lowest BCUT2D eigenvalue weighted by Crippen LogP contribution is -2.28. The second kappa shape index (κ2) is 7.30. The quantitative estimate of drug-likeness (QED) is 0.645. The zero-order valence-electron chi connectivity index (χ0n) is 12.6. The van der Waals surface area contributed by atoms with Gasteiger partial charge in [0.05, 0.1) is 11.3 Å². The number of para-hydroxylation sites is 2. The molecule has 0 saturated heterocycles. The number of amides is 1. The minimum atomic E-state index is -0.580. The Balaban J connectivity index is 2.11. The Kier molecular flexibility index (Phi) is 5.19. The molecule has 1 aromatic heterocycles. The van der Waals surface area contributed by atoms with Gasteiger partial charge in [-0.2, -0.15) is 0 Å². The molecule has 0 saturated carbocycles. The van der Waals surface area contributed by atoms with Gasteiger partial charge in [0, 0.05) is 17.8 Å². The first-order valence-corrected chi connectivity index (χ1v) is 7.10. The van der Waals surface area contributed by atoms with Crippen LogP contribution in [0.5, 0.6) is 0 Å². The number of hydrogen-bond acceptors (Lipinski definition) is 5. The number of benzene rings is 1. The molecule has 0 bridgehead atoms. The van der Waals surface area contributed by atoms with Crippen molar-refractivity contribution in [2.45, 2.75) is 26.3 Å². The van der Waals surface area contributed by atoms with Crippen molar-refractivity contribution >= 4 is 17.3 Å². The summed E-state index contributed by atoms with van der Waals surface area (Å²) in [4.78, 5) is 38.3. The SMILES string of the molecule is CCCc1cc(=O)n(CC(=O)Nc2ccccc2[N+](=O)[O-])cn1. The van der Waals surface area contributed by atoms with Crippen LogP contribution >= 0.6 is 0 Å². The summed E-state index contributed by atoms with van der Waals surface area (Å²) < 4.78 is 1.16. The Bertz CT molecular complexity index is 785. The maximum atomic E-state index is 12.0. The summed E-state index contributed by atoms with van der Waals surface area (Å²) in [7, 11) is 0. The molecule has 2 aromatic rings. The van der Waals surface area contributed by atoms with Gasteiger partial charge in [0.2, 0.25) is 5.91 Å². The number of anilines is 1. The van der Waals surface area contributed by atoms with E-state index in [1.807, 2.05) is 6.92 Å². The summed E-state index contributed by atoms with van der Waals surface area (Å²) >= 11 is 0. The van der Waals surface area contributed by atoms with Crippen LogP contribution in [-0.2, 0) is 17.8 Å². The Morgan fingerprint density at radius 2 is 2.13 bits per heavy atom. The average Bonchev–Trinajstić information content (AvgIpc) is 2.50. The van der Waals surface area contributed by atoms with Gasteiger partial charge in [0.15, 0.2) is 0 Å². The Morgan fingerprint density at radius 3 is 2.78 bits per heavy atom. The number of nitrogens with one attached hydrogen (secondary N) is 1. The van der Waals surface area contributed by atoms with Crippen LogP contribution in [0.25, 0.3) is 0 Å². The number of nitro groups is 1. The van der Waals surface area contributed by atoms with Gasteiger partial charge < -0.3 is 5.32 Å². The summed E-state index contributed by atoms with van der Waals surface area (Å²) in [5.41, 5.74) is 0.227. The number of rotatable bonds is 6. The van der Waals surface area contributed by atoms with E-state index in [0.29, 0.717) is 12.1 Å². The summed E-state index contributed by atoms with van der Waals surface area (Å²) in [6.07, 6.45) is 2.87. The molecule has 120 valence electrons. The van der Waals surface area contributed by atoms with Crippen molar-refractivity contribution in [3.8, 4) is 0 Å². The number of hydrogen-bond donors (Lipinski definition) is 1. The van der Waals surface area contributed by atoms with E-state index in [1.54, 1.807) is 6.07 Å². The van der Waals surface area contributed by atoms with Crippen LogP contribution in [0.2, 0.25) is 0 Å². The molecule has 23 heavy (non-hydrogen) atoms. The van der Waals surface area contributed by atoms with E-state index < -0.39 is 10.8 Å². The summed E-state index contributed by atoms with van der Waals surface area (Å²) in [5, 5.41) is 13.3. The number of aryl methyl sites for hydroxylation is 1. The average molecular weight is 316 g/mol. The zero-order chi connectivity index (χ0) is 16.8. The third-order valence-electron chi connectivity index (χ3n) is 3.13. The lowest BCUT2D eigenvalue weighted by atomic mass is 10.2. The van der Waals surface area contributed by atoms with E-state index in [1.165, 1.54) is 30.6 Å². The van der Waals surface area contributed by atoms with Gasteiger partial charge in [0.25, 0.3) is 11.2 Å². The van der Waals surface area contributed by atoms with Crippen LogP contribution in [0.3, 0.4) is 0 Å². The van der Waals surface area contributed by atoms with Gasteiger partial charge in [-0.25, -0.2) is 4.98 Å². The van der Waals surface area contributed by atoms with Crippen molar-refractivity contribution in [2.24, 2.45) is 0 Å². The standard InChI is InChI=1S/C15H16N4O4/c1-2-5-11-8-15(21)18(10-16-11)9-14(20)17-12-6-3-4-7-13(12)19(22)23/h3-4,6-8,10H,2,5,9H2,1H3,(H,17,20). The van der Waals surface area contributed by atoms with Crippen LogP contribution < -0.4 is 10.9 Å². The summed E-state index contributed by atoms with van der Waals surface area (Å²) in [6.45, 7) is 1.72. The summed E-state index contributed by atoms with van der Waals surface area (Å²) in [5.74, 6) is -0.536. The van der Waals surface area contributed by atoms with Crippen molar-refractivity contribution in [1.29, 1.82) is 0 Å². The van der Waals surface area contributed by atoms with Crippen molar-refractivity contribution in [2.75, 3.05) is 5.32 Å². The Labute approximate surface area is 131 Å². The van der Waals surface area contributed by atoms with E-state index in [4.69, 9.17) is 0 Å². The first kappa shape index (κ1) is 16.3. The summed E-state index contributed by atoms with van der Waals surface area (Å²) in [6, 6.07) is 7.20. The predicted octanol–water partition coefficient (Wildman–Crippen LogP) is 1.74. The minimum Gasteiger partial charge on any atom is -0.319 e. The van der Waals surface area contributed by atoms with Gasteiger partial charge in [-0.3, -0.25) is 24.3 Å². The molecule has 1 heterocycles. The van der Waals surface area contributed by atoms with Gasteiger partial charge >= 0.3 is 0 Å². The number of carbonyl (C=O) groups excluding carboxylic acids is 1. The maximum Gasteiger partial charge on any atom is 0.292 e. The molecular formula is C15H16N4O4. The van der Waals surface area contributed by atoms with Gasteiger partial charge in [-0.15, -0.1) is 0 Å². The predicted molar refractivity (Wildman–Crippen MR) is 84.2 cm³/mol. The second-order valence-electron chi connectivity index (χ2n) is 4.92. The van der Waals surface area contributed by atoms with Gasteiger partial charge in [-0.1, -0.05) is 25.5 Å². The zero-order valence-corrected chi connectivity index (χ0v) is 12.6. The smallest absolute Gasteiger partial charge is 0.292 e. The normalized spacial score (nSPS) is 10.3. The topological polar surface area (TPSA) is 107 Å². The molecule has 1 amide bonds. The van der Waals surface area contributed by atoms with Crippen molar-refractivity contribution in [3.63, 3.8) is 0 Å². The van der Waals surface area contributed by atoms with E-state index in [0.717, 1.165) is 11.0 Å². The molecule has 0 radical (unpaired) electrons. The fraction of sp³-hybridized carbons (Fsp3) is 0.267. The molecular weight excluding hydrogens is 300 g/mol. The maximum absolute atomic E-state index is 12.0. The third-order valence-corrected chi connectivity index (χ3v) is 3.13. The van der Waals surface area contributed by atoms with Crippen LogP contribution in [0, 0.1) is 10.1 Å². The lowest BCUT2D eigenvalue weighted by Gasteiger charge is -2.08. The van der Waals surface area contributed by atoms with Crippen LogP contribution in [0.1, 0.15) is 19.0 Å². The highest BCUT2D eigenvalue weighted by atomic mass is 16.6. The van der Waals surface area contributed by atoms with E-state index in [2.05, 4.69) is 10.3 Å². The minimum absolute atomic E-state index is 0.0890. The number of aromatic nitrogens is 2. The molecule has 0 spiro atoms. The highest BCUT2D eigenvalue weighted by Gasteiger charge is 2.15. The molecule has 8 heteroatoms. The fourth-order valence-electron chi connectivity index (χ4n) is 2.06. The van der Waals surface area contributed by atoms with Gasteiger partial charge in [-0.05, 0) is 12.5 Å². The van der Waals surface area contributed by atoms with Crippen molar-refractivity contribution in [3.05, 3.63) is 62.8 Å². The van der Waals surface area contributed by atoms with E-state index in [-0.39, 0.29) is 23.5 Å². The molecule has 2 rings (SSSR count). The highest BCUT2D eigenvalue weighted by Crippen LogP contribution is 2.22. The monoisotopic (exact) mass is 316 g/mol. The molecule has 0 unspecified atom stereocenters. The first-order chi connectivity index (χ1) is 11.0. The molecule has 0 atom stereocenters. The number of nitrogens with zero attached hydrogens (tertiary/aromatic N) is 3. The number of nitro benzene ring substituents is 1. The van der Waals surface area contributed by atoms with Crippen LogP contribution in [0.4, 0.5) is 11.4 Å². The molecule has 0 aliphatic carbocycles. The Morgan fingerprint density at radius 1 is 1.39 bits per heavy atom. The van der Waals surface area contributed by atoms with Gasteiger partial charge in [0.1, 0.15) is 12.2 Å².